The standard InChI is InChI=1S/C20H19F3N2O4S2/c1-19(6-9-31(26,27)10-7-19)18-25-14-5-4-13(11-16(14)30-18)29-17-15(3-2-8-24-17)28-12-20(21,22)23/h2-5,8,11H,6-7,9-10,12H2,1H3. The maximum Gasteiger partial charge on any atom is 0.422 e. The number of nitrogens with zero attached hydrogens (tertiary/aromatic N) is 2. The van der Waals surface area contributed by atoms with Crippen molar-refractivity contribution < 1.29 is 31.1 Å². The van der Waals surface area contributed by atoms with Crippen molar-refractivity contribution in [3.8, 4) is 17.4 Å². The fraction of sp³-hybridized carbons (Fsp3) is 0.400. The summed E-state index contributed by atoms with van der Waals surface area (Å²) in [5, 5.41) is 0.863. The van der Waals surface area contributed by atoms with Crippen molar-refractivity contribution in [2.75, 3.05) is 18.1 Å². The first-order chi connectivity index (χ1) is 14.5. The number of thiazole rings is 1. The van der Waals surface area contributed by atoms with Crippen molar-refractivity contribution in [3.05, 3.63) is 41.5 Å². The number of aromatic nitrogens is 2. The minimum atomic E-state index is -4.47. The highest BCUT2D eigenvalue weighted by Gasteiger charge is 2.37. The molecular weight excluding hydrogens is 453 g/mol. The maximum absolute atomic E-state index is 12.5. The number of hydrogen-bond donors (Lipinski definition) is 0. The van der Waals surface area contributed by atoms with Crippen molar-refractivity contribution in [1.29, 1.82) is 0 Å². The third kappa shape index (κ3) is 5.09. The molecule has 3 heterocycles. The molecule has 3 aromatic rings. The molecule has 1 aromatic carbocycles. The van der Waals surface area contributed by atoms with E-state index in [1.54, 1.807) is 18.2 Å². The van der Waals surface area contributed by atoms with Crippen LogP contribution in [0.4, 0.5) is 13.2 Å². The zero-order valence-electron chi connectivity index (χ0n) is 16.5. The first-order valence-electron chi connectivity index (χ1n) is 9.47. The number of rotatable bonds is 5. The van der Waals surface area contributed by atoms with E-state index in [1.165, 1.54) is 29.7 Å². The SMILES string of the molecule is CC1(c2nc3ccc(Oc4ncccc4OCC(F)(F)F)cc3s2)CCS(=O)(=O)CC1. The van der Waals surface area contributed by atoms with E-state index in [0.717, 1.165) is 15.2 Å². The van der Waals surface area contributed by atoms with Gasteiger partial charge in [0.05, 0.1) is 26.7 Å². The van der Waals surface area contributed by atoms with Gasteiger partial charge in [0.25, 0.3) is 5.88 Å². The third-order valence-electron chi connectivity index (χ3n) is 5.15. The smallest absolute Gasteiger partial charge is 0.422 e. The van der Waals surface area contributed by atoms with E-state index in [0.29, 0.717) is 18.6 Å². The van der Waals surface area contributed by atoms with Crippen LogP contribution in [0.15, 0.2) is 36.5 Å². The van der Waals surface area contributed by atoms with Crippen LogP contribution in [0.1, 0.15) is 24.8 Å². The topological polar surface area (TPSA) is 78.4 Å². The second-order valence-corrected chi connectivity index (χ2v) is 11.0. The van der Waals surface area contributed by atoms with Gasteiger partial charge >= 0.3 is 6.18 Å². The van der Waals surface area contributed by atoms with E-state index in [-0.39, 0.29) is 28.6 Å². The average molecular weight is 473 g/mol. The number of halogens is 3. The lowest BCUT2D eigenvalue weighted by Gasteiger charge is -2.31. The van der Waals surface area contributed by atoms with E-state index in [9.17, 15) is 21.6 Å². The van der Waals surface area contributed by atoms with Crippen molar-refractivity contribution in [3.63, 3.8) is 0 Å². The monoisotopic (exact) mass is 472 g/mol. The van der Waals surface area contributed by atoms with Crippen LogP contribution in [0.5, 0.6) is 17.4 Å². The van der Waals surface area contributed by atoms with Crippen LogP contribution in [-0.4, -0.2) is 42.7 Å². The minimum Gasteiger partial charge on any atom is -0.478 e. The summed E-state index contributed by atoms with van der Waals surface area (Å²) in [6.45, 7) is 0.579. The van der Waals surface area contributed by atoms with Gasteiger partial charge in [0.15, 0.2) is 12.4 Å². The van der Waals surface area contributed by atoms with Gasteiger partial charge in [-0.15, -0.1) is 11.3 Å². The van der Waals surface area contributed by atoms with Crippen LogP contribution >= 0.6 is 11.3 Å². The molecule has 4 rings (SSSR count). The van der Waals surface area contributed by atoms with Gasteiger partial charge in [-0.25, -0.2) is 18.4 Å². The first kappa shape index (κ1) is 21.8. The first-order valence-corrected chi connectivity index (χ1v) is 12.1. The molecule has 0 amide bonds. The van der Waals surface area contributed by atoms with Crippen LogP contribution in [0.3, 0.4) is 0 Å². The van der Waals surface area contributed by atoms with Crippen LogP contribution in [0.2, 0.25) is 0 Å². The van der Waals surface area contributed by atoms with Crippen molar-refractivity contribution in [2.24, 2.45) is 0 Å². The van der Waals surface area contributed by atoms with Gasteiger partial charge in [-0.3, -0.25) is 0 Å². The molecule has 0 unspecified atom stereocenters. The zero-order valence-corrected chi connectivity index (χ0v) is 18.1. The number of ether oxygens (including phenoxy) is 2. The Bertz CT molecular complexity index is 1190. The summed E-state index contributed by atoms with van der Waals surface area (Å²) in [6, 6.07) is 7.97. The Labute approximate surface area is 181 Å². The summed E-state index contributed by atoms with van der Waals surface area (Å²) in [6.07, 6.45) is -2.03. The Morgan fingerprint density at radius 1 is 1.19 bits per heavy atom. The Balaban J connectivity index is 1.56. The predicted molar refractivity (Wildman–Crippen MR) is 111 cm³/mol. The van der Waals surface area contributed by atoms with Gasteiger partial charge in [0.2, 0.25) is 0 Å². The Morgan fingerprint density at radius 3 is 2.65 bits per heavy atom. The number of hydrogen-bond acceptors (Lipinski definition) is 7. The molecule has 0 N–H and O–H groups in total. The lowest BCUT2D eigenvalue weighted by Crippen LogP contribution is -2.34. The Morgan fingerprint density at radius 2 is 1.94 bits per heavy atom. The number of alkyl halides is 3. The molecule has 6 nitrogen and oxygen atoms in total. The highest BCUT2D eigenvalue weighted by Crippen LogP contribution is 2.41. The highest BCUT2D eigenvalue weighted by atomic mass is 32.2. The molecule has 31 heavy (non-hydrogen) atoms. The maximum atomic E-state index is 12.5. The highest BCUT2D eigenvalue weighted by molar-refractivity contribution is 7.91. The van der Waals surface area contributed by atoms with E-state index in [4.69, 9.17) is 9.47 Å². The van der Waals surface area contributed by atoms with E-state index < -0.39 is 22.6 Å². The van der Waals surface area contributed by atoms with E-state index >= 15 is 0 Å². The molecule has 0 atom stereocenters. The van der Waals surface area contributed by atoms with Crippen LogP contribution < -0.4 is 9.47 Å². The molecular formula is C20H19F3N2O4S2. The van der Waals surface area contributed by atoms with Crippen molar-refractivity contribution >= 4 is 31.4 Å². The van der Waals surface area contributed by atoms with Crippen LogP contribution in [-0.2, 0) is 15.3 Å². The molecule has 1 saturated heterocycles. The van der Waals surface area contributed by atoms with Crippen molar-refractivity contribution in [1.82, 2.24) is 9.97 Å². The van der Waals surface area contributed by atoms with Crippen LogP contribution in [0, 0.1) is 0 Å². The minimum absolute atomic E-state index is 0.0692. The van der Waals surface area contributed by atoms with Gasteiger partial charge in [-0.2, -0.15) is 13.2 Å². The molecule has 0 spiro atoms. The van der Waals surface area contributed by atoms with Crippen LogP contribution in [0.25, 0.3) is 10.2 Å². The van der Waals surface area contributed by atoms with Gasteiger partial charge in [-0.1, -0.05) is 6.92 Å². The second kappa shape index (κ2) is 7.94. The number of pyridine rings is 1. The Kier molecular flexibility index (Phi) is 5.59. The molecule has 166 valence electrons. The quantitative estimate of drug-likeness (QED) is 0.526. The molecule has 2 aromatic heterocycles. The van der Waals surface area contributed by atoms with Gasteiger partial charge in [-0.05, 0) is 37.1 Å². The molecule has 1 aliphatic heterocycles. The molecule has 0 bridgehead atoms. The lowest BCUT2D eigenvalue weighted by molar-refractivity contribution is -0.153. The lowest BCUT2D eigenvalue weighted by atomic mass is 9.85. The number of fused-ring (bicyclic) bond motifs is 1. The fourth-order valence-electron chi connectivity index (χ4n) is 3.26. The predicted octanol–water partition coefficient (Wildman–Crippen LogP) is 4.89. The molecule has 1 aliphatic rings. The van der Waals surface area contributed by atoms with Gasteiger partial charge < -0.3 is 9.47 Å². The molecule has 11 heteroatoms. The summed E-state index contributed by atoms with van der Waals surface area (Å²) in [5.74, 6) is 0.498. The summed E-state index contributed by atoms with van der Waals surface area (Å²) in [4.78, 5) is 8.66. The third-order valence-corrected chi connectivity index (χ3v) is 8.12. The summed E-state index contributed by atoms with van der Waals surface area (Å²) in [7, 11) is -2.98. The second-order valence-electron chi connectivity index (χ2n) is 7.67. The zero-order chi connectivity index (χ0) is 22.3. The Hall–Kier alpha value is -2.40. The summed E-state index contributed by atoms with van der Waals surface area (Å²) >= 11 is 1.46. The average Bonchev–Trinajstić information content (AvgIpc) is 3.13. The van der Waals surface area contributed by atoms with E-state index in [1.807, 2.05) is 6.92 Å². The molecule has 0 aliphatic carbocycles. The summed E-state index contributed by atoms with van der Waals surface area (Å²) in [5.41, 5.74) is 0.437. The van der Waals surface area contributed by atoms with Crippen molar-refractivity contribution in [2.45, 2.75) is 31.4 Å². The fourth-order valence-corrected chi connectivity index (χ4v) is 6.19. The molecule has 0 radical (unpaired) electrons. The normalized spacial score (nSPS) is 18.1. The molecule has 1 fully saturated rings. The van der Waals surface area contributed by atoms with Gasteiger partial charge in [0, 0.05) is 17.7 Å². The molecule has 0 saturated carbocycles. The van der Waals surface area contributed by atoms with E-state index in [2.05, 4.69) is 9.97 Å². The van der Waals surface area contributed by atoms with Gasteiger partial charge in [0.1, 0.15) is 15.6 Å². The summed E-state index contributed by atoms with van der Waals surface area (Å²) < 4.78 is 72.3. The number of benzene rings is 1. The number of sulfone groups is 1. The largest absolute Gasteiger partial charge is 0.478 e.